The minimum atomic E-state index is -0.634. The Bertz CT molecular complexity index is 566. The summed E-state index contributed by atoms with van der Waals surface area (Å²) in [5, 5.41) is 8.22. The third kappa shape index (κ3) is 1.71. The fourth-order valence-corrected chi connectivity index (χ4v) is 1.72. The van der Waals surface area contributed by atoms with Crippen LogP contribution in [0.5, 0.6) is 0 Å². The van der Waals surface area contributed by atoms with E-state index in [4.69, 9.17) is 16.9 Å². The summed E-state index contributed by atoms with van der Waals surface area (Å²) in [6.07, 6.45) is 1.66. The normalized spacial score (nSPS) is 9.75. The van der Waals surface area contributed by atoms with E-state index in [1.165, 1.54) is 0 Å². The molecular weight excluding hydrogens is 224 g/mol. The zero-order valence-electron chi connectivity index (χ0n) is 8.22. The molecule has 1 heterocycles. The molecule has 0 aliphatic heterocycles. The van der Waals surface area contributed by atoms with Crippen molar-refractivity contribution in [2.24, 2.45) is 0 Å². The fraction of sp³-hybridized carbons (Fsp3) is 0. The highest BCUT2D eigenvalue weighted by atomic mass is 35.5. The van der Waals surface area contributed by atoms with Gasteiger partial charge in [0.1, 0.15) is 11.8 Å². The Kier molecular flexibility index (Phi) is 2.76. The molecule has 0 saturated heterocycles. The van der Waals surface area contributed by atoms with Gasteiger partial charge in [-0.3, -0.25) is 4.79 Å². The lowest BCUT2D eigenvalue weighted by molar-refractivity contribution is 0.107. The molecule has 2 rings (SSSR count). The maximum Gasteiger partial charge on any atom is 0.270 e. The lowest BCUT2D eigenvalue weighted by atomic mass is 10.2. The van der Waals surface area contributed by atoms with E-state index in [1.54, 1.807) is 16.8 Å². The molecule has 78 valence electrons. The Morgan fingerprint density at radius 3 is 2.50 bits per heavy atom. The summed E-state index contributed by atoms with van der Waals surface area (Å²) >= 11 is 5.47. The zero-order chi connectivity index (χ0) is 11.5. The van der Waals surface area contributed by atoms with Crippen molar-refractivity contribution in [3.8, 4) is 11.8 Å². The van der Waals surface area contributed by atoms with Crippen molar-refractivity contribution in [1.82, 2.24) is 4.57 Å². The highest BCUT2D eigenvalue weighted by Gasteiger charge is 2.15. The van der Waals surface area contributed by atoms with Crippen LogP contribution in [0.3, 0.4) is 0 Å². The molecule has 1 aromatic heterocycles. The summed E-state index contributed by atoms with van der Waals surface area (Å²) in [6, 6.07) is 12.8. The molecule has 0 spiro atoms. The van der Waals surface area contributed by atoms with Crippen LogP contribution in [0.4, 0.5) is 0 Å². The van der Waals surface area contributed by atoms with E-state index in [9.17, 15) is 4.79 Å². The van der Waals surface area contributed by atoms with Crippen molar-refractivity contribution in [3.63, 3.8) is 0 Å². The number of nitriles is 1. The maximum absolute atomic E-state index is 11.3. The number of aromatic nitrogens is 1. The molecule has 0 aliphatic carbocycles. The second kappa shape index (κ2) is 4.21. The van der Waals surface area contributed by atoms with Gasteiger partial charge in [-0.25, -0.2) is 0 Å². The van der Waals surface area contributed by atoms with Gasteiger partial charge in [-0.15, -0.1) is 0 Å². The molecule has 1 aromatic carbocycles. The standard InChI is InChI=1S/C12H7ClN2O/c13-12(16)11-9(8-14)6-7-15(11)10-4-2-1-3-5-10/h1-7H. The number of hydrogen-bond donors (Lipinski definition) is 0. The van der Waals surface area contributed by atoms with Crippen LogP contribution in [-0.2, 0) is 0 Å². The molecule has 0 radical (unpaired) electrons. The van der Waals surface area contributed by atoms with Crippen LogP contribution in [0.1, 0.15) is 16.1 Å². The summed E-state index contributed by atoms with van der Waals surface area (Å²) in [7, 11) is 0. The Morgan fingerprint density at radius 2 is 1.94 bits per heavy atom. The lowest BCUT2D eigenvalue weighted by Crippen LogP contribution is -2.03. The summed E-state index contributed by atoms with van der Waals surface area (Å²) in [5.41, 5.74) is 1.28. The molecule has 0 bridgehead atoms. The molecule has 0 aliphatic rings. The van der Waals surface area contributed by atoms with Crippen LogP contribution in [0.2, 0.25) is 0 Å². The minimum absolute atomic E-state index is 0.204. The molecule has 2 aromatic rings. The Morgan fingerprint density at radius 1 is 1.25 bits per heavy atom. The van der Waals surface area contributed by atoms with Crippen molar-refractivity contribution < 1.29 is 4.79 Å². The number of carbonyl (C=O) groups excluding carboxylic acids is 1. The average molecular weight is 231 g/mol. The summed E-state index contributed by atoms with van der Waals surface area (Å²) < 4.78 is 1.61. The smallest absolute Gasteiger partial charge is 0.270 e. The van der Waals surface area contributed by atoms with Crippen molar-refractivity contribution in [2.75, 3.05) is 0 Å². The third-order valence-corrected chi connectivity index (χ3v) is 2.41. The average Bonchev–Trinajstić information content (AvgIpc) is 2.73. The monoisotopic (exact) mass is 230 g/mol. The molecule has 0 saturated carbocycles. The van der Waals surface area contributed by atoms with Gasteiger partial charge in [0.2, 0.25) is 0 Å². The highest BCUT2D eigenvalue weighted by molar-refractivity contribution is 6.67. The third-order valence-electron chi connectivity index (χ3n) is 2.23. The number of nitrogens with zero attached hydrogens (tertiary/aromatic N) is 2. The van der Waals surface area contributed by atoms with E-state index >= 15 is 0 Å². The van der Waals surface area contributed by atoms with Gasteiger partial charge >= 0.3 is 0 Å². The first-order chi connectivity index (χ1) is 7.74. The maximum atomic E-state index is 11.3. The van der Waals surface area contributed by atoms with Crippen LogP contribution in [0.15, 0.2) is 42.6 Å². The lowest BCUT2D eigenvalue weighted by Gasteiger charge is -2.05. The number of carbonyl (C=O) groups is 1. The minimum Gasteiger partial charge on any atom is -0.312 e. The van der Waals surface area contributed by atoms with Gasteiger partial charge < -0.3 is 4.57 Å². The summed E-state index contributed by atoms with van der Waals surface area (Å²) in [5.74, 6) is 0. The van der Waals surface area contributed by atoms with Crippen LogP contribution in [-0.4, -0.2) is 9.81 Å². The van der Waals surface area contributed by atoms with E-state index in [2.05, 4.69) is 0 Å². The van der Waals surface area contributed by atoms with E-state index in [0.717, 1.165) is 5.69 Å². The quantitative estimate of drug-likeness (QED) is 0.745. The first-order valence-electron chi connectivity index (χ1n) is 4.60. The molecule has 3 nitrogen and oxygen atoms in total. The van der Waals surface area contributed by atoms with Crippen molar-refractivity contribution in [3.05, 3.63) is 53.9 Å². The van der Waals surface area contributed by atoms with E-state index in [-0.39, 0.29) is 11.3 Å². The SMILES string of the molecule is N#Cc1ccn(-c2ccccc2)c1C(=O)Cl. The van der Waals surface area contributed by atoms with Gasteiger partial charge in [0.15, 0.2) is 0 Å². The van der Waals surface area contributed by atoms with Crippen molar-refractivity contribution in [2.45, 2.75) is 0 Å². The zero-order valence-corrected chi connectivity index (χ0v) is 8.98. The molecule has 0 N–H and O–H groups in total. The Hall–Kier alpha value is -2.05. The number of rotatable bonds is 2. The van der Waals surface area contributed by atoms with Gasteiger partial charge in [-0.05, 0) is 29.8 Å². The van der Waals surface area contributed by atoms with Crippen LogP contribution in [0.25, 0.3) is 5.69 Å². The largest absolute Gasteiger partial charge is 0.312 e. The van der Waals surface area contributed by atoms with Gasteiger partial charge in [-0.1, -0.05) is 18.2 Å². The number of halogens is 1. The molecule has 16 heavy (non-hydrogen) atoms. The number of hydrogen-bond acceptors (Lipinski definition) is 2. The molecular formula is C12H7ClN2O. The first-order valence-corrected chi connectivity index (χ1v) is 4.98. The van der Waals surface area contributed by atoms with E-state index < -0.39 is 5.24 Å². The number of para-hydroxylation sites is 1. The second-order valence-electron chi connectivity index (χ2n) is 3.17. The summed E-state index contributed by atoms with van der Waals surface area (Å²) in [4.78, 5) is 11.3. The van der Waals surface area contributed by atoms with Gasteiger partial charge in [0, 0.05) is 11.9 Å². The second-order valence-corrected chi connectivity index (χ2v) is 3.51. The van der Waals surface area contributed by atoms with Crippen LogP contribution in [0, 0.1) is 11.3 Å². The summed E-state index contributed by atoms with van der Waals surface area (Å²) in [6.45, 7) is 0. The fourth-order valence-electron chi connectivity index (χ4n) is 1.53. The van der Waals surface area contributed by atoms with Gasteiger partial charge in [0.05, 0.1) is 5.56 Å². The predicted octanol–water partition coefficient (Wildman–Crippen LogP) is 2.73. The van der Waals surface area contributed by atoms with Crippen LogP contribution < -0.4 is 0 Å². The molecule has 0 amide bonds. The molecule has 0 unspecified atom stereocenters. The highest BCUT2D eigenvalue weighted by Crippen LogP contribution is 2.18. The van der Waals surface area contributed by atoms with Gasteiger partial charge in [-0.2, -0.15) is 5.26 Å². The topological polar surface area (TPSA) is 45.8 Å². The molecule has 0 atom stereocenters. The predicted molar refractivity (Wildman–Crippen MR) is 60.7 cm³/mol. The van der Waals surface area contributed by atoms with Crippen molar-refractivity contribution >= 4 is 16.8 Å². The van der Waals surface area contributed by atoms with E-state index in [0.29, 0.717) is 0 Å². The first kappa shape index (κ1) is 10.5. The Balaban J connectivity index is 2.64. The van der Waals surface area contributed by atoms with Crippen molar-refractivity contribution in [1.29, 1.82) is 5.26 Å². The Labute approximate surface area is 97.5 Å². The number of benzene rings is 1. The molecule has 4 heteroatoms. The van der Waals surface area contributed by atoms with Gasteiger partial charge in [0.25, 0.3) is 5.24 Å². The van der Waals surface area contributed by atoms with Crippen LogP contribution >= 0.6 is 11.6 Å². The van der Waals surface area contributed by atoms with E-state index in [1.807, 2.05) is 36.4 Å². The molecule has 0 fully saturated rings.